The lowest BCUT2D eigenvalue weighted by atomic mass is 10.0. The van der Waals surface area contributed by atoms with Gasteiger partial charge in [-0.25, -0.2) is 0 Å². The normalized spacial score (nSPS) is 31.5. The van der Waals surface area contributed by atoms with Crippen molar-refractivity contribution in [2.75, 3.05) is 13.7 Å². The number of hydrogen-bond donors (Lipinski definition) is 3. The van der Waals surface area contributed by atoms with Crippen molar-refractivity contribution in [1.82, 2.24) is 10.6 Å². The third-order valence-corrected chi connectivity index (χ3v) is 4.41. The van der Waals surface area contributed by atoms with Crippen LogP contribution in [-0.4, -0.2) is 66.8 Å². The molecule has 0 aromatic rings. The standard InChI is InChI=1S/C17H28N2O6/c1-5-11-13(25-17(2,3)24-11)12(20)14(23-4)16(22)19-10-8-6-7-9-18-15(10)21/h5,10-14,20H,1,6-9H2,2-4H3,(H,18,21)(H,19,22)/t10-,11+,12+,13-,14-/m0/s1. The Bertz CT molecular complexity index is 509. The molecule has 0 aromatic carbocycles. The molecule has 5 atom stereocenters. The minimum Gasteiger partial charge on any atom is -0.387 e. The van der Waals surface area contributed by atoms with Crippen LogP contribution in [0.2, 0.25) is 0 Å². The number of rotatable bonds is 6. The number of carbonyl (C=O) groups is 2. The summed E-state index contributed by atoms with van der Waals surface area (Å²) in [4.78, 5) is 24.5. The van der Waals surface area contributed by atoms with Gasteiger partial charge in [0, 0.05) is 13.7 Å². The van der Waals surface area contributed by atoms with Gasteiger partial charge in [-0.2, -0.15) is 0 Å². The summed E-state index contributed by atoms with van der Waals surface area (Å²) in [7, 11) is 1.32. The van der Waals surface area contributed by atoms with Gasteiger partial charge in [-0.1, -0.05) is 6.08 Å². The van der Waals surface area contributed by atoms with Gasteiger partial charge in [0.05, 0.1) is 0 Å². The molecule has 2 rings (SSSR count). The third-order valence-electron chi connectivity index (χ3n) is 4.41. The van der Waals surface area contributed by atoms with E-state index in [2.05, 4.69) is 17.2 Å². The Morgan fingerprint density at radius 3 is 2.84 bits per heavy atom. The largest absolute Gasteiger partial charge is 0.387 e. The van der Waals surface area contributed by atoms with Crippen LogP contribution in [0.25, 0.3) is 0 Å². The Labute approximate surface area is 147 Å². The van der Waals surface area contributed by atoms with Crippen molar-refractivity contribution in [3.05, 3.63) is 12.7 Å². The molecule has 0 aliphatic carbocycles. The van der Waals surface area contributed by atoms with E-state index < -0.39 is 42.2 Å². The lowest BCUT2D eigenvalue weighted by Gasteiger charge is -2.28. The third kappa shape index (κ3) is 4.78. The Morgan fingerprint density at radius 2 is 2.20 bits per heavy atom. The van der Waals surface area contributed by atoms with E-state index in [1.54, 1.807) is 13.8 Å². The fraction of sp³-hybridized carbons (Fsp3) is 0.765. The number of methoxy groups -OCH3 is 1. The first kappa shape index (κ1) is 19.8. The molecule has 2 saturated heterocycles. The molecule has 0 spiro atoms. The van der Waals surface area contributed by atoms with Gasteiger partial charge >= 0.3 is 0 Å². The molecule has 0 radical (unpaired) electrons. The highest BCUT2D eigenvalue weighted by Gasteiger charge is 2.47. The minimum atomic E-state index is -1.27. The zero-order valence-electron chi connectivity index (χ0n) is 15.0. The molecule has 2 fully saturated rings. The van der Waals surface area contributed by atoms with E-state index in [0.29, 0.717) is 13.0 Å². The molecule has 142 valence electrons. The molecule has 2 aliphatic rings. The van der Waals surface area contributed by atoms with E-state index in [-0.39, 0.29) is 5.91 Å². The van der Waals surface area contributed by atoms with E-state index in [4.69, 9.17) is 14.2 Å². The Balaban J connectivity index is 2.05. The van der Waals surface area contributed by atoms with Crippen LogP contribution in [0.5, 0.6) is 0 Å². The quantitative estimate of drug-likeness (QED) is 0.572. The van der Waals surface area contributed by atoms with Crippen molar-refractivity contribution in [3.63, 3.8) is 0 Å². The van der Waals surface area contributed by atoms with Crippen LogP contribution in [0.3, 0.4) is 0 Å². The van der Waals surface area contributed by atoms with Crippen molar-refractivity contribution < 1.29 is 28.9 Å². The summed E-state index contributed by atoms with van der Waals surface area (Å²) in [5, 5.41) is 16.0. The summed E-state index contributed by atoms with van der Waals surface area (Å²) < 4.78 is 16.5. The Hall–Kier alpha value is -1.48. The SMILES string of the molecule is C=C[C@H]1OC(C)(C)O[C@@H]1[C@@H](O)[C@H](OC)C(=O)N[C@H]1CCCCNC1=O. The number of ether oxygens (including phenoxy) is 3. The molecular formula is C17H28N2O6. The topological polar surface area (TPSA) is 106 Å². The van der Waals surface area contributed by atoms with Crippen molar-refractivity contribution in [2.24, 2.45) is 0 Å². The molecule has 2 aliphatic heterocycles. The van der Waals surface area contributed by atoms with Gasteiger partial charge in [-0.15, -0.1) is 6.58 Å². The van der Waals surface area contributed by atoms with Crippen molar-refractivity contribution >= 4 is 11.8 Å². The van der Waals surface area contributed by atoms with Crippen LogP contribution in [0.1, 0.15) is 33.1 Å². The molecule has 8 nitrogen and oxygen atoms in total. The smallest absolute Gasteiger partial charge is 0.252 e. The zero-order valence-corrected chi connectivity index (χ0v) is 15.0. The summed E-state index contributed by atoms with van der Waals surface area (Å²) in [6.45, 7) is 7.71. The lowest BCUT2D eigenvalue weighted by Crippen LogP contribution is -2.55. The maximum absolute atomic E-state index is 12.6. The van der Waals surface area contributed by atoms with E-state index in [1.807, 2.05) is 0 Å². The second-order valence-electron chi connectivity index (χ2n) is 6.80. The van der Waals surface area contributed by atoms with Gasteiger partial charge in [-0.3, -0.25) is 9.59 Å². The maximum atomic E-state index is 12.6. The van der Waals surface area contributed by atoms with Crippen LogP contribution in [0, 0.1) is 0 Å². The molecule has 3 N–H and O–H groups in total. The summed E-state index contributed by atoms with van der Waals surface area (Å²) in [5.41, 5.74) is 0. The molecule has 0 unspecified atom stereocenters. The fourth-order valence-corrected chi connectivity index (χ4v) is 3.17. The first-order chi connectivity index (χ1) is 11.8. The molecular weight excluding hydrogens is 328 g/mol. The fourth-order valence-electron chi connectivity index (χ4n) is 3.17. The second-order valence-corrected chi connectivity index (χ2v) is 6.80. The molecule has 0 aromatic heterocycles. The summed E-state index contributed by atoms with van der Waals surface area (Å²) in [6, 6.07) is -0.632. The highest BCUT2D eigenvalue weighted by Crippen LogP contribution is 2.31. The van der Waals surface area contributed by atoms with E-state index in [9.17, 15) is 14.7 Å². The monoisotopic (exact) mass is 356 g/mol. The van der Waals surface area contributed by atoms with Gasteiger partial charge < -0.3 is 30.0 Å². The van der Waals surface area contributed by atoms with Gasteiger partial charge in [-0.05, 0) is 33.1 Å². The van der Waals surface area contributed by atoms with Crippen molar-refractivity contribution in [1.29, 1.82) is 0 Å². The van der Waals surface area contributed by atoms with E-state index >= 15 is 0 Å². The average Bonchev–Trinajstić information content (AvgIpc) is 2.74. The Kier molecular flexibility index (Phi) is 6.56. The number of amides is 2. The van der Waals surface area contributed by atoms with Gasteiger partial charge in [0.25, 0.3) is 5.91 Å². The highest BCUT2D eigenvalue weighted by atomic mass is 16.8. The molecule has 0 bridgehead atoms. The molecule has 25 heavy (non-hydrogen) atoms. The summed E-state index contributed by atoms with van der Waals surface area (Å²) in [6.07, 6.45) is -0.0671. The number of aliphatic hydroxyl groups excluding tert-OH is 1. The Morgan fingerprint density at radius 1 is 1.48 bits per heavy atom. The highest BCUT2D eigenvalue weighted by molar-refractivity contribution is 5.89. The van der Waals surface area contributed by atoms with Crippen LogP contribution in [0.4, 0.5) is 0 Å². The van der Waals surface area contributed by atoms with Crippen molar-refractivity contribution in [2.45, 2.75) is 69.4 Å². The minimum absolute atomic E-state index is 0.222. The zero-order chi connectivity index (χ0) is 18.6. The summed E-state index contributed by atoms with van der Waals surface area (Å²) >= 11 is 0. The molecule has 8 heteroatoms. The second kappa shape index (κ2) is 8.27. The van der Waals surface area contributed by atoms with Gasteiger partial charge in [0.15, 0.2) is 11.9 Å². The van der Waals surface area contributed by atoms with Crippen LogP contribution >= 0.6 is 0 Å². The molecule has 2 heterocycles. The van der Waals surface area contributed by atoms with Crippen LogP contribution < -0.4 is 10.6 Å². The first-order valence-corrected chi connectivity index (χ1v) is 8.56. The van der Waals surface area contributed by atoms with E-state index in [1.165, 1.54) is 13.2 Å². The van der Waals surface area contributed by atoms with E-state index in [0.717, 1.165) is 12.8 Å². The van der Waals surface area contributed by atoms with Gasteiger partial charge in [0.1, 0.15) is 24.4 Å². The van der Waals surface area contributed by atoms with Crippen LogP contribution in [0.15, 0.2) is 12.7 Å². The lowest BCUT2D eigenvalue weighted by molar-refractivity contribution is -0.169. The van der Waals surface area contributed by atoms with Crippen LogP contribution in [-0.2, 0) is 23.8 Å². The number of hydrogen-bond acceptors (Lipinski definition) is 6. The average molecular weight is 356 g/mol. The van der Waals surface area contributed by atoms with Gasteiger partial charge in [0.2, 0.25) is 5.91 Å². The molecule has 0 saturated carbocycles. The maximum Gasteiger partial charge on any atom is 0.252 e. The molecule has 2 amide bonds. The van der Waals surface area contributed by atoms with Crippen molar-refractivity contribution in [3.8, 4) is 0 Å². The predicted octanol–water partition coefficient (Wildman–Crippen LogP) is -0.147. The first-order valence-electron chi connectivity index (χ1n) is 8.56. The number of aliphatic hydroxyl groups is 1. The number of carbonyl (C=O) groups excluding carboxylic acids is 2. The number of nitrogens with one attached hydrogen (secondary N) is 2. The summed E-state index contributed by atoms with van der Waals surface area (Å²) in [5.74, 6) is -1.69. The predicted molar refractivity (Wildman–Crippen MR) is 89.6 cm³/mol.